The van der Waals surface area contributed by atoms with Crippen LogP contribution < -0.4 is 5.73 Å². The van der Waals surface area contributed by atoms with Crippen LogP contribution >= 0.6 is 11.8 Å². The maximum absolute atomic E-state index is 6.26. The zero-order valence-electron chi connectivity index (χ0n) is 9.97. The summed E-state index contributed by atoms with van der Waals surface area (Å²) in [6, 6.07) is 6.38. The van der Waals surface area contributed by atoms with E-state index < -0.39 is 0 Å². The largest absolute Gasteiger partial charge is 0.327 e. The monoisotopic (exact) mass is 236 g/mol. The topological polar surface area (TPSA) is 38.9 Å². The lowest BCUT2D eigenvalue weighted by atomic mass is 9.80. The number of aromatic nitrogens is 1. The van der Waals surface area contributed by atoms with Crippen molar-refractivity contribution in [2.75, 3.05) is 0 Å². The van der Waals surface area contributed by atoms with Crippen LogP contribution in [0.25, 0.3) is 0 Å². The molecule has 1 aromatic heterocycles. The molecule has 0 bridgehead atoms. The van der Waals surface area contributed by atoms with E-state index in [1.807, 2.05) is 30.1 Å². The van der Waals surface area contributed by atoms with Gasteiger partial charge in [-0.15, -0.1) is 11.8 Å². The lowest BCUT2D eigenvalue weighted by Crippen LogP contribution is -2.42. The Bertz CT molecular complexity index is 316. The minimum Gasteiger partial charge on any atom is -0.327 e. The molecule has 1 aliphatic rings. The van der Waals surface area contributed by atoms with Gasteiger partial charge in [0.25, 0.3) is 0 Å². The molecule has 88 valence electrons. The van der Waals surface area contributed by atoms with E-state index in [0.29, 0.717) is 17.2 Å². The van der Waals surface area contributed by atoms with Crippen molar-refractivity contribution in [3.05, 3.63) is 24.4 Å². The SMILES string of the molecule is CC1CC(C)C(Sc2ccccn2)C(N)C1. The Balaban J connectivity index is 2.03. The molecule has 1 aromatic rings. The summed E-state index contributed by atoms with van der Waals surface area (Å²) in [7, 11) is 0. The molecular formula is C13H20N2S. The average Bonchev–Trinajstić information content (AvgIpc) is 2.25. The van der Waals surface area contributed by atoms with Gasteiger partial charge in [-0.3, -0.25) is 0 Å². The van der Waals surface area contributed by atoms with Gasteiger partial charge in [-0.05, 0) is 36.8 Å². The number of pyridine rings is 1. The van der Waals surface area contributed by atoms with Crippen molar-refractivity contribution in [1.82, 2.24) is 4.98 Å². The normalized spacial score (nSPS) is 34.9. The second-order valence-corrected chi connectivity index (χ2v) is 6.17. The standard InChI is InChI=1S/C13H20N2S/c1-9-7-10(2)13(11(14)8-9)16-12-5-3-4-6-15-12/h3-6,9-11,13H,7-8,14H2,1-2H3. The van der Waals surface area contributed by atoms with Crippen molar-refractivity contribution in [1.29, 1.82) is 0 Å². The van der Waals surface area contributed by atoms with Gasteiger partial charge in [0.05, 0.1) is 5.03 Å². The number of hydrogen-bond donors (Lipinski definition) is 1. The maximum atomic E-state index is 6.26. The van der Waals surface area contributed by atoms with E-state index in [1.165, 1.54) is 6.42 Å². The first-order chi connectivity index (χ1) is 7.66. The van der Waals surface area contributed by atoms with Crippen LogP contribution in [0.2, 0.25) is 0 Å². The molecule has 0 aromatic carbocycles. The fraction of sp³-hybridized carbons (Fsp3) is 0.615. The zero-order chi connectivity index (χ0) is 11.5. The molecule has 1 aliphatic carbocycles. The highest BCUT2D eigenvalue weighted by atomic mass is 32.2. The number of thioether (sulfide) groups is 1. The number of rotatable bonds is 2. The van der Waals surface area contributed by atoms with Crippen LogP contribution in [0, 0.1) is 11.8 Å². The summed E-state index contributed by atoms with van der Waals surface area (Å²) < 4.78 is 0. The molecule has 2 N–H and O–H groups in total. The van der Waals surface area contributed by atoms with E-state index in [2.05, 4.69) is 24.9 Å². The molecule has 1 heterocycles. The van der Waals surface area contributed by atoms with Gasteiger partial charge < -0.3 is 5.73 Å². The van der Waals surface area contributed by atoms with Crippen molar-refractivity contribution in [3.8, 4) is 0 Å². The van der Waals surface area contributed by atoms with Gasteiger partial charge in [0.15, 0.2) is 0 Å². The fourth-order valence-corrected chi connectivity index (χ4v) is 3.83. The first kappa shape index (κ1) is 11.9. The minimum absolute atomic E-state index is 0.311. The Morgan fingerprint density at radius 1 is 1.31 bits per heavy atom. The summed E-state index contributed by atoms with van der Waals surface area (Å²) in [5.74, 6) is 1.45. The lowest BCUT2D eigenvalue weighted by Gasteiger charge is -2.37. The summed E-state index contributed by atoms with van der Waals surface area (Å²) in [6.45, 7) is 4.62. The van der Waals surface area contributed by atoms with E-state index in [-0.39, 0.29) is 0 Å². The molecule has 0 aliphatic heterocycles. The molecule has 2 nitrogen and oxygen atoms in total. The van der Waals surface area contributed by atoms with Crippen molar-refractivity contribution >= 4 is 11.8 Å². The molecule has 0 amide bonds. The number of nitrogens with zero attached hydrogens (tertiary/aromatic N) is 1. The predicted molar refractivity (Wildman–Crippen MR) is 69.4 cm³/mol. The van der Waals surface area contributed by atoms with Crippen LogP contribution in [0.5, 0.6) is 0 Å². The molecule has 3 heteroatoms. The second kappa shape index (κ2) is 5.19. The van der Waals surface area contributed by atoms with E-state index >= 15 is 0 Å². The van der Waals surface area contributed by atoms with Gasteiger partial charge in [-0.25, -0.2) is 4.98 Å². The Labute approximate surface area is 102 Å². The summed E-state index contributed by atoms with van der Waals surface area (Å²) in [5.41, 5.74) is 6.26. The third-order valence-corrected chi connectivity index (χ3v) is 4.90. The smallest absolute Gasteiger partial charge is 0.0963 e. The van der Waals surface area contributed by atoms with Crippen LogP contribution in [-0.4, -0.2) is 16.3 Å². The quantitative estimate of drug-likeness (QED) is 0.858. The minimum atomic E-state index is 0.311. The maximum Gasteiger partial charge on any atom is 0.0963 e. The van der Waals surface area contributed by atoms with Gasteiger partial charge in [-0.2, -0.15) is 0 Å². The Morgan fingerprint density at radius 3 is 2.75 bits per heavy atom. The fourth-order valence-electron chi connectivity index (χ4n) is 2.65. The Hall–Kier alpha value is -0.540. The summed E-state index contributed by atoms with van der Waals surface area (Å²) in [5, 5.41) is 1.62. The molecule has 1 fully saturated rings. The second-order valence-electron chi connectivity index (χ2n) is 4.97. The van der Waals surface area contributed by atoms with Gasteiger partial charge in [-0.1, -0.05) is 19.9 Å². The van der Waals surface area contributed by atoms with Crippen LogP contribution in [0.4, 0.5) is 0 Å². The molecule has 4 atom stereocenters. The molecule has 2 rings (SSSR count). The van der Waals surface area contributed by atoms with Gasteiger partial charge >= 0.3 is 0 Å². The summed E-state index contributed by atoms with van der Waals surface area (Å²) >= 11 is 1.85. The van der Waals surface area contributed by atoms with Crippen molar-refractivity contribution in [2.24, 2.45) is 17.6 Å². The van der Waals surface area contributed by atoms with E-state index in [1.54, 1.807) is 0 Å². The molecule has 16 heavy (non-hydrogen) atoms. The highest BCUT2D eigenvalue weighted by molar-refractivity contribution is 7.99. The summed E-state index contributed by atoms with van der Waals surface area (Å²) in [6.07, 6.45) is 4.29. The predicted octanol–water partition coefficient (Wildman–Crippen LogP) is 2.94. The van der Waals surface area contributed by atoms with Crippen LogP contribution in [0.1, 0.15) is 26.7 Å². The Morgan fingerprint density at radius 2 is 2.12 bits per heavy atom. The third-order valence-electron chi connectivity index (χ3n) is 3.33. The van der Waals surface area contributed by atoms with Gasteiger partial charge in [0.1, 0.15) is 0 Å². The van der Waals surface area contributed by atoms with Crippen LogP contribution in [-0.2, 0) is 0 Å². The van der Waals surface area contributed by atoms with Crippen molar-refractivity contribution in [3.63, 3.8) is 0 Å². The van der Waals surface area contributed by atoms with Gasteiger partial charge in [0, 0.05) is 17.5 Å². The first-order valence-corrected chi connectivity index (χ1v) is 6.88. The van der Waals surface area contributed by atoms with E-state index in [4.69, 9.17) is 5.73 Å². The van der Waals surface area contributed by atoms with E-state index in [9.17, 15) is 0 Å². The van der Waals surface area contributed by atoms with Crippen molar-refractivity contribution in [2.45, 2.75) is 43.0 Å². The van der Waals surface area contributed by atoms with Crippen LogP contribution in [0.3, 0.4) is 0 Å². The van der Waals surface area contributed by atoms with Crippen molar-refractivity contribution < 1.29 is 0 Å². The highest BCUT2D eigenvalue weighted by Crippen LogP contribution is 2.38. The molecule has 4 unspecified atom stereocenters. The molecular weight excluding hydrogens is 216 g/mol. The molecule has 0 spiro atoms. The highest BCUT2D eigenvalue weighted by Gasteiger charge is 2.32. The zero-order valence-corrected chi connectivity index (χ0v) is 10.8. The van der Waals surface area contributed by atoms with E-state index in [0.717, 1.165) is 17.4 Å². The molecule has 0 radical (unpaired) electrons. The van der Waals surface area contributed by atoms with Gasteiger partial charge in [0.2, 0.25) is 0 Å². The molecule has 1 saturated carbocycles. The third kappa shape index (κ3) is 2.77. The average molecular weight is 236 g/mol. The first-order valence-electron chi connectivity index (χ1n) is 6.00. The summed E-state index contributed by atoms with van der Waals surface area (Å²) in [4.78, 5) is 4.37. The van der Waals surface area contributed by atoms with Crippen LogP contribution in [0.15, 0.2) is 29.4 Å². The number of hydrogen-bond acceptors (Lipinski definition) is 3. The molecule has 0 saturated heterocycles. The number of nitrogens with two attached hydrogens (primary N) is 1. The lowest BCUT2D eigenvalue weighted by molar-refractivity contribution is 0.279. The Kier molecular flexibility index (Phi) is 3.87.